The summed E-state index contributed by atoms with van der Waals surface area (Å²) in [6.45, 7) is 3.66. The zero-order valence-electron chi connectivity index (χ0n) is 19.8. The maximum absolute atomic E-state index is 14.0. The molecule has 10 heteroatoms. The molecule has 1 aliphatic rings. The number of benzene rings is 2. The van der Waals surface area contributed by atoms with Crippen LogP contribution in [0.1, 0.15) is 46.0 Å². The zero-order chi connectivity index (χ0) is 25.5. The van der Waals surface area contributed by atoms with E-state index in [4.69, 9.17) is 14.6 Å². The maximum atomic E-state index is 14.0. The van der Waals surface area contributed by atoms with Gasteiger partial charge < -0.3 is 24.8 Å². The van der Waals surface area contributed by atoms with Gasteiger partial charge in [0.15, 0.2) is 11.5 Å². The van der Waals surface area contributed by atoms with Crippen LogP contribution in [-0.4, -0.2) is 52.8 Å². The van der Waals surface area contributed by atoms with E-state index in [1.54, 1.807) is 0 Å². The van der Waals surface area contributed by atoms with E-state index in [-0.39, 0.29) is 29.3 Å². The van der Waals surface area contributed by atoms with Gasteiger partial charge in [-0.25, -0.2) is 19.2 Å². The Morgan fingerprint density at radius 1 is 1.14 bits per heavy atom. The second-order valence-electron chi connectivity index (χ2n) is 8.27. The molecule has 1 atom stereocenters. The fourth-order valence-corrected chi connectivity index (χ4v) is 3.94. The second-order valence-corrected chi connectivity index (χ2v) is 8.27. The molecular weight excluding hydrogens is 467 g/mol. The Bertz CT molecular complexity index is 1220. The van der Waals surface area contributed by atoms with Crippen LogP contribution in [0.15, 0.2) is 54.9 Å². The minimum absolute atomic E-state index is 0.0569. The summed E-state index contributed by atoms with van der Waals surface area (Å²) in [6.07, 6.45) is 4.54. The van der Waals surface area contributed by atoms with Gasteiger partial charge in [-0.3, -0.25) is 4.79 Å². The SMILES string of the molecule is CCOc1ccccc1OC1CCCN(c2ncc(C(=O)NCc3cc(C(=O)O)ccc3F)cn2)C1. The monoisotopic (exact) mass is 494 g/mol. The molecule has 188 valence electrons. The van der Waals surface area contributed by atoms with Crippen LogP contribution in [0.5, 0.6) is 11.5 Å². The molecule has 1 amide bonds. The first-order valence-corrected chi connectivity index (χ1v) is 11.7. The number of amides is 1. The largest absolute Gasteiger partial charge is 0.490 e. The molecule has 4 rings (SSSR count). The topological polar surface area (TPSA) is 114 Å². The molecule has 1 fully saturated rings. The minimum atomic E-state index is -1.17. The molecule has 3 aromatic rings. The number of aromatic carboxylic acids is 1. The predicted octanol–water partition coefficient (Wildman–Crippen LogP) is 3.69. The number of rotatable bonds is 9. The highest BCUT2D eigenvalue weighted by molar-refractivity contribution is 5.93. The molecule has 0 saturated carbocycles. The van der Waals surface area contributed by atoms with E-state index in [1.807, 2.05) is 36.1 Å². The van der Waals surface area contributed by atoms with Crippen molar-refractivity contribution >= 4 is 17.8 Å². The number of piperidine rings is 1. The van der Waals surface area contributed by atoms with Gasteiger partial charge in [-0.15, -0.1) is 0 Å². The molecule has 1 aromatic heterocycles. The third-order valence-electron chi connectivity index (χ3n) is 5.74. The number of carboxylic acids is 1. The molecule has 2 heterocycles. The van der Waals surface area contributed by atoms with Crippen molar-refractivity contribution < 1.29 is 28.6 Å². The fraction of sp³-hybridized carbons (Fsp3) is 0.308. The van der Waals surface area contributed by atoms with Crippen molar-refractivity contribution in [1.82, 2.24) is 15.3 Å². The molecule has 2 N–H and O–H groups in total. The van der Waals surface area contributed by atoms with E-state index in [9.17, 15) is 14.0 Å². The van der Waals surface area contributed by atoms with Gasteiger partial charge in [0.25, 0.3) is 5.91 Å². The summed E-state index contributed by atoms with van der Waals surface area (Å²) in [7, 11) is 0. The Balaban J connectivity index is 1.36. The van der Waals surface area contributed by atoms with Crippen LogP contribution in [0.4, 0.5) is 10.3 Å². The molecule has 0 radical (unpaired) electrons. The van der Waals surface area contributed by atoms with Gasteiger partial charge >= 0.3 is 5.97 Å². The number of hydrogen-bond acceptors (Lipinski definition) is 7. The Morgan fingerprint density at radius 3 is 2.61 bits per heavy atom. The molecular formula is C26H27FN4O5. The van der Waals surface area contributed by atoms with E-state index in [0.29, 0.717) is 30.6 Å². The number of nitrogens with zero attached hydrogens (tertiary/aromatic N) is 3. The molecule has 1 unspecified atom stereocenters. The third-order valence-corrected chi connectivity index (χ3v) is 5.74. The molecule has 1 saturated heterocycles. The van der Waals surface area contributed by atoms with Gasteiger partial charge in [0.05, 0.1) is 24.3 Å². The Kier molecular flexibility index (Phi) is 7.94. The summed E-state index contributed by atoms with van der Waals surface area (Å²) in [5.41, 5.74) is 0.230. The van der Waals surface area contributed by atoms with Crippen LogP contribution in [0.25, 0.3) is 0 Å². The Morgan fingerprint density at radius 2 is 1.89 bits per heavy atom. The highest BCUT2D eigenvalue weighted by atomic mass is 19.1. The first kappa shape index (κ1) is 24.9. The van der Waals surface area contributed by atoms with Gasteiger partial charge in [0, 0.05) is 31.0 Å². The van der Waals surface area contributed by atoms with Crippen molar-refractivity contribution in [3.8, 4) is 11.5 Å². The number of aromatic nitrogens is 2. The van der Waals surface area contributed by atoms with Crippen molar-refractivity contribution in [2.45, 2.75) is 32.4 Å². The molecule has 0 aliphatic carbocycles. The number of para-hydroxylation sites is 2. The second kappa shape index (κ2) is 11.5. The number of nitrogens with one attached hydrogen (secondary N) is 1. The number of halogens is 1. The van der Waals surface area contributed by atoms with Crippen LogP contribution < -0.4 is 19.7 Å². The van der Waals surface area contributed by atoms with E-state index in [0.717, 1.165) is 25.5 Å². The van der Waals surface area contributed by atoms with Crippen LogP contribution in [-0.2, 0) is 6.54 Å². The summed E-state index contributed by atoms with van der Waals surface area (Å²) >= 11 is 0. The lowest BCUT2D eigenvalue weighted by molar-refractivity contribution is 0.0696. The molecule has 36 heavy (non-hydrogen) atoms. The standard InChI is InChI=1S/C26H27FN4O5/c1-2-35-22-7-3-4-8-23(22)36-20-6-5-11-31(16-20)26-29-14-19(15-30-26)24(32)28-13-18-12-17(25(33)34)9-10-21(18)27/h3-4,7-10,12,14-15,20H,2,5-6,11,13,16H2,1H3,(H,28,32)(H,33,34). The summed E-state index contributed by atoms with van der Waals surface area (Å²) in [6, 6.07) is 11.0. The first-order valence-electron chi connectivity index (χ1n) is 11.7. The van der Waals surface area contributed by atoms with Gasteiger partial charge in [-0.2, -0.15) is 0 Å². The third kappa shape index (κ3) is 6.07. The molecule has 0 spiro atoms. The summed E-state index contributed by atoms with van der Waals surface area (Å²) < 4.78 is 25.8. The highest BCUT2D eigenvalue weighted by Crippen LogP contribution is 2.29. The average Bonchev–Trinajstić information content (AvgIpc) is 2.89. The fourth-order valence-electron chi connectivity index (χ4n) is 3.94. The number of carbonyl (C=O) groups excluding carboxylic acids is 1. The van der Waals surface area contributed by atoms with Crippen LogP contribution in [0, 0.1) is 5.82 Å². The lowest BCUT2D eigenvalue weighted by Gasteiger charge is -2.33. The van der Waals surface area contributed by atoms with E-state index in [1.165, 1.54) is 24.5 Å². The van der Waals surface area contributed by atoms with Gasteiger partial charge in [0.2, 0.25) is 5.95 Å². The van der Waals surface area contributed by atoms with Crippen molar-refractivity contribution in [3.05, 3.63) is 77.4 Å². The summed E-state index contributed by atoms with van der Waals surface area (Å²) in [4.78, 5) is 34.3. The molecule has 0 bridgehead atoms. The van der Waals surface area contributed by atoms with Crippen molar-refractivity contribution in [2.75, 3.05) is 24.6 Å². The van der Waals surface area contributed by atoms with Crippen LogP contribution in [0.3, 0.4) is 0 Å². The van der Waals surface area contributed by atoms with Crippen molar-refractivity contribution in [3.63, 3.8) is 0 Å². The summed E-state index contributed by atoms with van der Waals surface area (Å²) in [5.74, 6) is -0.372. The molecule has 9 nitrogen and oxygen atoms in total. The average molecular weight is 495 g/mol. The smallest absolute Gasteiger partial charge is 0.335 e. The number of hydrogen-bond donors (Lipinski definition) is 2. The number of ether oxygens (including phenoxy) is 2. The van der Waals surface area contributed by atoms with Gasteiger partial charge in [-0.1, -0.05) is 12.1 Å². The summed E-state index contributed by atoms with van der Waals surface area (Å²) in [5, 5.41) is 11.6. The van der Waals surface area contributed by atoms with E-state index < -0.39 is 17.7 Å². The van der Waals surface area contributed by atoms with Crippen LogP contribution in [0.2, 0.25) is 0 Å². The van der Waals surface area contributed by atoms with Gasteiger partial charge in [-0.05, 0) is 50.1 Å². The Labute approximate surface area is 207 Å². The number of carbonyl (C=O) groups is 2. The maximum Gasteiger partial charge on any atom is 0.335 e. The Hall–Kier alpha value is -4.21. The van der Waals surface area contributed by atoms with Crippen molar-refractivity contribution in [1.29, 1.82) is 0 Å². The lowest BCUT2D eigenvalue weighted by atomic mass is 10.1. The van der Waals surface area contributed by atoms with Gasteiger partial charge in [0.1, 0.15) is 11.9 Å². The minimum Gasteiger partial charge on any atom is -0.490 e. The zero-order valence-corrected chi connectivity index (χ0v) is 19.8. The number of anilines is 1. The predicted molar refractivity (Wildman–Crippen MR) is 130 cm³/mol. The first-order chi connectivity index (χ1) is 17.4. The van der Waals surface area contributed by atoms with Crippen LogP contribution >= 0.6 is 0 Å². The quantitative estimate of drug-likeness (QED) is 0.463. The van der Waals surface area contributed by atoms with Crippen molar-refractivity contribution in [2.24, 2.45) is 0 Å². The molecule has 1 aliphatic heterocycles. The number of carboxylic acid groups (broad SMARTS) is 1. The molecule has 2 aromatic carbocycles. The van der Waals surface area contributed by atoms with E-state index in [2.05, 4.69) is 15.3 Å². The van der Waals surface area contributed by atoms with E-state index >= 15 is 0 Å². The highest BCUT2D eigenvalue weighted by Gasteiger charge is 2.24. The lowest BCUT2D eigenvalue weighted by Crippen LogP contribution is -2.42. The normalized spacial score (nSPS) is 15.3.